The molecule has 0 spiro atoms. The fourth-order valence-electron chi connectivity index (χ4n) is 3.27. The molecule has 2 aromatic rings. The first-order valence-electron chi connectivity index (χ1n) is 7.53. The third-order valence-electron chi connectivity index (χ3n) is 4.46. The van der Waals surface area contributed by atoms with E-state index in [9.17, 15) is 0 Å². The Hall–Kier alpha value is -1.90. The van der Waals surface area contributed by atoms with E-state index in [2.05, 4.69) is 29.2 Å². The summed E-state index contributed by atoms with van der Waals surface area (Å²) in [7, 11) is 0. The molecule has 3 nitrogen and oxygen atoms in total. The molecule has 0 radical (unpaired) electrons. The normalized spacial score (nSPS) is 21.5. The zero-order chi connectivity index (χ0) is 13.5. The van der Waals surface area contributed by atoms with E-state index < -0.39 is 0 Å². The summed E-state index contributed by atoms with van der Waals surface area (Å²) in [4.78, 5) is 9.36. The Kier molecular flexibility index (Phi) is 2.72. The number of hydrogen-bond donors (Lipinski definition) is 1. The molecule has 0 saturated heterocycles. The molecular weight excluding hydrogens is 246 g/mol. The van der Waals surface area contributed by atoms with Crippen molar-refractivity contribution in [1.82, 2.24) is 9.97 Å². The predicted octanol–water partition coefficient (Wildman–Crippen LogP) is 3.40. The minimum Gasteiger partial charge on any atom is -0.384 e. The van der Waals surface area contributed by atoms with E-state index in [1.165, 1.54) is 36.8 Å². The fraction of sp³-hybridized carbons (Fsp3) is 0.412. The van der Waals surface area contributed by atoms with E-state index >= 15 is 0 Å². The van der Waals surface area contributed by atoms with Gasteiger partial charge in [-0.3, -0.25) is 0 Å². The number of aromatic nitrogens is 2. The third kappa shape index (κ3) is 2.07. The van der Waals surface area contributed by atoms with Gasteiger partial charge in [-0.2, -0.15) is 0 Å². The second kappa shape index (κ2) is 4.58. The summed E-state index contributed by atoms with van der Waals surface area (Å²) in [6, 6.07) is 10.6. The van der Waals surface area contributed by atoms with Crippen molar-refractivity contribution in [2.45, 2.75) is 43.9 Å². The first kappa shape index (κ1) is 11.9. The summed E-state index contributed by atoms with van der Waals surface area (Å²) in [5.74, 6) is 2.50. The van der Waals surface area contributed by atoms with Gasteiger partial charge in [0.25, 0.3) is 0 Å². The van der Waals surface area contributed by atoms with Gasteiger partial charge in [-0.25, -0.2) is 9.97 Å². The van der Waals surface area contributed by atoms with Crippen molar-refractivity contribution >= 4 is 5.82 Å². The van der Waals surface area contributed by atoms with Crippen LogP contribution >= 0.6 is 0 Å². The lowest BCUT2D eigenvalue weighted by atomic mass is 9.82. The smallest absolute Gasteiger partial charge is 0.138 e. The van der Waals surface area contributed by atoms with Crippen LogP contribution in [0.25, 0.3) is 0 Å². The van der Waals surface area contributed by atoms with Gasteiger partial charge in [0.15, 0.2) is 0 Å². The lowest BCUT2D eigenvalue weighted by Crippen LogP contribution is -2.15. The number of nitrogens with two attached hydrogens (primary N) is 1. The van der Waals surface area contributed by atoms with Gasteiger partial charge in [-0.1, -0.05) is 24.3 Å². The monoisotopic (exact) mass is 265 g/mol. The van der Waals surface area contributed by atoms with Crippen LogP contribution in [0.3, 0.4) is 0 Å². The summed E-state index contributed by atoms with van der Waals surface area (Å²) in [5.41, 5.74) is 9.99. The molecule has 3 heteroatoms. The molecule has 1 unspecified atom stereocenters. The molecule has 20 heavy (non-hydrogen) atoms. The standard InChI is InChI=1S/C17H19N3/c18-16-10-15(12-8-9-12)19-17(20-16)14-7-3-5-11-4-1-2-6-13(11)14/h1-2,4,6,10,12,14H,3,5,7-9H2,(H2,18,19,20). The second-order valence-electron chi connectivity index (χ2n) is 5.99. The largest absolute Gasteiger partial charge is 0.384 e. The molecule has 4 rings (SSSR count). The molecule has 1 atom stereocenters. The topological polar surface area (TPSA) is 51.8 Å². The Morgan fingerprint density at radius 2 is 1.90 bits per heavy atom. The fourth-order valence-corrected chi connectivity index (χ4v) is 3.27. The molecular formula is C17H19N3. The molecule has 2 aliphatic carbocycles. The second-order valence-corrected chi connectivity index (χ2v) is 5.99. The highest BCUT2D eigenvalue weighted by atomic mass is 15.0. The minimum atomic E-state index is 0.320. The molecule has 1 fully saturated rings. The van der Waals surface area contributed by atoms with Crippen LogP contribution < -0.4 is 5.73 Å². The summed E-state index contributed by atoms with van der Waals surface area (Å²) >= 11 is 0. The van der Waals surface area contributed by atoms with Crippen molar-refractivity contribution in [2.24, 2.45) is 0 Å². The van der Waals surface area contributed by atoms with Crippen LogP contribution in [-0.2, 0) is 6.42 Å². The number of nitrogen functional groups attached to an aromatic ring is 1. The molecule has 1 saturated carbocycles. The molecule has 1 aromatic carbocycles. The van der Waals surface area contributed by atoms with Crippen molar-refractivity contribution in [3.05, 3.63) is 53.0 Å². The van der Waals surface area contributed by atoms with Crippen molar-refractivity contribution in [3.63, 3.8) is 0 Å². The number of nitrogens with zero attached hydrogens (tertiary/aromatic N) is 2. The highest BCUT2D eigenvalue weighted by Gasteiger charge is 2.29. The van der Waals surface area contributed by atoms with E-state index in [1.807, 2.05) is 6.07 Å². The Labute approximate surface area is 119 Å². The zero-order valence-electron chi connectivity index (χ0n) is 11.5. The number of benzene rings is 1. The highest BCUT2D eigenvalue weighted by molar-refractivity contribution is 5.39. The van der Waals surface area contributed by atoms with Gasteiger partial charge in [-0.05, 0) is 43.2 Å². The van der Waals surface area contributed by atoms with Gasteiger partial charge < -0.3 is 5.73 Å². The summed E-state index contributed by atoms with van der Waals surface area (Å²) in [5, 5.41) is 0. The van der Waals surface area contributed by atoms with E-state index in [0.717, 1.165) is 17.9 Å². The number of fused-ring (bicyclic) bond motifs is 1. The summed E-state index contributed by atoms with van der Waals surface area (Å²) < 4.78 is 0. The number of rotatable bonds is 2. The van der Waals surface area contributed by atoms with Crippen LogP contribution in [0.4, 0.5) is 5.82 Å². The predicted molar refractivity (Wildman–Crippen MR) is 79.6 cm³/mol. The average Bonchev–Trinajstić information content (AvgIpc) is 3.30. The Morgan fingerprint density at radius 1 is 1.05 bits per heavy atom. The highest BCUT2D eigenvalue weighted by Crippen LogP contribution is 2.41. The first-order chi connectivity index (χ1) is 9.81. The average molecular weight is 265 g/mol. The maximum absolute atomic E-state index is 6.00. The molecule has 2 aliphatic rings. The van der Waals surface area contributed by atoms with Gasteiger partial charge >= 0.3 is 0 Å². The zero-order valence-corrected chi connectivity index (χ0v) is 11.5. The minimum absolute atomic E-state index is 0.320. The van der Waals surface area contributed by atoms with E-state index in [-0.39, 0.29) is 0 Å². The SMILES string of the molecule is Nc1cc(C2CC2)nc(C2CCCc3ccccc32)n1. The maximum atomic E-state index is 6.00. The van der Waals surface area contributed by atoms with E-state index in [1.54, 1.807) is 0 Å². The maximum Gasteiger partial charge on any atom is 0.138 e. The van der Waals surface area contributed by atoms with Crippen molar-refractivity contribution in [3.8, 4) is 0 Å². The van der Waals surface area contributed by atoms with Crippen LogP contribution in [0.1, 0.15) is 60.2 Å². The van der Waals surface area contributed by atoms with Crippen LogP contribution in [-0.4, -0.2) is 9.97 Å². The van der Waals surface area contributed by atoms with Crippen LogP contribution in [0.2, 0.25) is 0 Å². The van der Waals surface area contributed by atoms with Crippen molar-refractivity contribution < 1.29 is 0 Å². The van der Waals surface area contributed by atoms with Crippen molar-refractivity contribution in [2.75, 3.05) is 5.73 Å². The number of hydrogen-bond acceptors (Lipinski definition) is 3. The first-order valence-corrected chi connectivity index (χ1v) is 7.53. The Bertz CT molecular complexity index is 646. The molecule has 1 heterocycles. The lowest BCUT2D eigenvalue weighted by Gasteiger charge is -2.24. The van der Waals surface area contributed by atoms with E-state index in [4.69, 9.17) is 10.7 Å². The number of aryl methyl sites for hydroxylation is 1. The summed E-state index contributed by atoms with van der Waals surface area (Å²) in [6.45, 7) is 0. The van der Waals surface area contributed by atoms with Gasteiger partial charge in [0.05, 0.1) is 0 Å². The summed E-state index contributed by atoms with van der Waals surface area (Å²) in [6.07, 6.45) is 6.00. The van der Waals surface area contributed by atoms with Crippen LogP contribution in [0.15, 0.2) is 30.3 Å². The molecule has 0 aliphatic heterocycles. The molecule has 0 amide bonds. The molecule has 0 bridgehead atoms. The Balaban J connectivity index is 1.78. The Morgan fingerprint density at radius 3 is 2.75 bits per heavy atom. The van der Waals surface area contributed by atoms with Gasteiger partial charge in [0.1, 0.15) is 11.6 Å². The third-order valence-corrected chi connectivity index (χ3v) is 4.46. The molecule has 2 N–H and O–H groups in total. The van der Waals surface area contributed by atoms with E-state index in [0.29, 0.717) is 17.7 Å². The van der Waals surface area contributed by atoms with Gasteiger partial charge in [-0.15, -0.1) is 0 Å². The van der Waals surface area contributed by atoms with Gasteiger partial charge in [0.2, 0.25) is 0 Å². The van der Waals surface area contributed by atoms with Crippen LogP contribution in [0.5, 0.6) is 0 Å². The quantitative estimate of drug-likeness (QED) is 0.905. The van der Waals surface area contributed by atoms with Crippen LogP contribution in [0, 0.1) is 0 Å². The lowest BCUT2D eigenvalue weighted by molar-refractivity contribution is 0.588. The molecule has 1 aromatic heterocycles. The van der Waals surface area contributed by atoms with Crippen molar-refractivity contribution in [1.29, 1.82) is 0 Å². The number of anilines is 1. The molecule has 102 valence electrons. The van der Waals surface area contributed by atoms with Gasteiger partial charge in [0, 0.05) is 23.6 Å².